The average molecular weight is 414 g/mol. The van der Waals surface area contributed by atoms with Crippen LogP contribution in [0.25, 0.3) is 0 Å². The zero-order valence-electron chi connectivity index (χ0n) is 17.3. The summed E-state index contributed by atoms with van der Waals surface area (Å²) in [5.41, 5.74) is 5.36. The highest BCUT2D eigenvalue weighted by Crippen LogP contribution is 2.15. The van der Waals surface area contributed by atoms with Gasteiger partial charge in [0.05, 0.1) is 18.3 Å². The molecule has 2 rings (SSSR count). The third-order valence-electron chi connectivity index (χ3n) is 3.68. The Hall–Kier alpha value is -3.55. The fourth-order valence-electron chi connectivity index (χ4n) is 2.33. The van der Waals surface area contributed by atoms with Crippen LogP contribution in [-0.2, 0) is 9.53 Å². The van der Waals surface area contributed by atoms with Gasteiger partial charge in [-0.2, -0.15) is 0 Å². The lowest BCUT2D eigenvalue weighted by Crippen LogP contribution is -2.43. The first kappa shape index (κ1) is 22.7. The molecule has 2 aromatic carbocycles. The second-order valence-electron chi connectivity index (χ2n) is 6.65. The van der Waals surface area contributed by atoms with Crippen LogP contribution in [0.15, 0.2) is 48.5 Å². The number of hydrazine groups is 1. The second-order valence-corrected chi connectivity index (χ2v) is 6.65. The molecule has 2 amide bonds. The monoisotopic (exact) mass is 414 g/mol. The highest BCUT2D eigenvalue weighted by atomic mass is 16.5. The van der Waals surface area contributed by atoms with E-state index in [1.807, 2.05) is 20.8 Å². The number of esters is 1. The van der Waals surface area contributed by atoms with E-state index in [-0.39, 0.29) is 12.7 Å². The van der Waals surface area contributed by atoms with E-state index in [2.05, 4.69) is 10.9 Å². The fraction of sp³-hybridized carbons (Fsp3) is 0.318. The number of hydrogen-bond acceptors (Lipinski definition) is 6. The first-order chi connectivity index (χ1) is 14.4. The van der Waals surface area contributed by atoms with Crippen LogP contribution in [0.5, 0.6) is 11.5 Å². The lowest BCUT2D eigenvalue weighted by molar-refractivity contribution is -0.123. The van der Waals surface area contributed by atoms with Gasteiger partial charge >= 0.3 is 5.97 Å². The van der Waals surface area contributed by atoms with Gasteiger partial charge in [0, 0.05) is 5.56 Å². The van der Waals surface area contributed by atoms with E-state index < -0.39 is 17.8 Å². The minimum Gasteiger partial charge on any atom is -0.491 e. The van der Waals surface area contributed by atoms with Crippen LogP contribution in [0, 0.1) is 0 Å². The molecule has 0 atom stereocenters. The van der Waals surface area contributed by atoms with Crippen molar-refractivity contribution in [1.29, 1.82) is 0 Å². The van der Waals surface area contributed by atoms with Crippen molar-refractivity contribution < 1.29 is 28.6 Å². The zero-order chi connectivity index (χ0) is 21.9. The first-order valence-electron chi connectivity index (χ1n) is 9.65. The zero-order valence-corrected chi connectivity index (χ0v) is 17.3. The smallest absolute Gasteiger partial charge is 0.338 e. The lowest BCUT2D eigenvalue weighted by atomic mass is 10.2. The average Bonchev–Trinajstić information content (AvgIpc) is 2.74. The van der Waals surface area contributed by atoms with Gasteiger partial charge in [-0.15, -0.1) is 0 Å². The van der Waals surface area contributed by atoms with Gasteiger partial charge < -0.3 is 14.2 Å². The molecule has 0 bridgehead atoms. The van der Waals surface area contributed by atoms with E-state index >= 15 is 0 Å². The fourth-order valence-corrected chi connectivity index (χ4v) is 2.33. The molecular formula is C22H26N2O6. The molecule has 30 heavy (non-hydrogen) atoms. The quantitative estimate of drug-likeness (QED) is 0.483. The maximum Gasteiger partial charge on any atom is 0.338 e. The predicted octanol–water partition coefficient (Wildman–Crippen LogP) is 2.88. The Bertz CT molecular complexity index is 864. The van der Waals surface area contributed by atoms with Gasteiger partial charge in [0.15, 0.2) is 6.61 Å². The maximum atomic E-state index is 12.2. The van der Waals surface area contributed by atoms with Gasteiger partial charge in [-0.25, -0.2) is 4.79 Å². The molecule has 0 aromatic heterocycles. The molecule has 2 N–H and O–H groups in total. The van der Waals surface area contributed by atoms with Crippen LogP contribution in [0.3, 0.4) is 0 Å². The van der Waals surface area contributed by atoms with Crippen LogP contribution < -0.4 is 20.3 Å². The first-order valence-corrected chi connectivity index (χ1v) is 9.65. The molecule has 8 nitrogen and oxygen atoms in total. The molecule has 0 radical (unpaired) electrons. The van der Waals surface area contributed by atoms with Crippen molar-refractivity contribution in [2.45, 2.75) is 33.3 Å². The third kappa shape index (κ3) is 7.46. The van der Waals surface area contributed by atoms with Crippen molar-refractivity contribution in [2.75, 3.05) is 13.2 Å². The molecule has 0 aliphatic carbocycles. The van der Waals surface area contributed by atoms with E-state index in [0.29, 0.717) is 29.2 Å². The lowest BCUT2D eigenvalue weighted by Gasteiger charge is -2.12. The van der Waals surface area contributed by atoms with E-state index in [9.17, 15) is 14.4 Å². The van der Waals surface area contributed by atoms with E-state index in [4.69, 9.17) is 14.2 Å². The van der Waals surface area contributed by atoms with E-state index in [1.54, 1.807) is 48.5 Å². The molecule has 0 saturated heterocycles. The Balaban J connectivity index is 1.78. The minimum absolute atomic E-state index is 0.0174. The Kier molecular flexibility index (Phi) is 8.68. The van der Waals surface area contributed by atoms with Gasteiger partial charge in [0.1, 0.15) is 11.5 Å². The summed E-state index contributed by atoms with van der Waals surface area (Å²) >= 11 is 0. The normalized spacial score (nSPS) is 10.3. The summed E-state index contributed by atoms with van der Waals surface area (Å²) in [6, 6.07) is 12.9. The van der Waals surface area contributed by atoms with Crippen LogP contribution in [0.2, 0.25) is 0 Å². The standard InChI is InChI=1S/C22H26N2O6/c1-4-12-28-22(27)16-8-10-18(11-9-16)29-14-20(25)23-24-21(26)17-6-5-7-19(13-17)30-15(2)3/h5-11,13,15H,4,12,14H2,1-3H3,(H,23,25)(H,24,26). The molecule has 0 heterocycles. The minimum atomic E-state index is -0.538. The van der Waals surface area contributed by atoms with E-state index in [0.717, 1.165) is 6.42 Å². The number of amides is 2. The summed E-state index contributed by atoms with van der Waals surface area (Å²) in [7, 11) is 0. The Labute approximate surface area is 175 Å². The predicted molar refractivity (Wildman–Crippen MR) is 110 cm³/mol. The molecule has 8 heteroatoms. The molecule has 0 unspecified atom stereocenters. The van der Waals surface area contributed by atoms with Crippen LogP contribution in [-0.4, -0.2) is 37.1 Å². The molecule has 0 spiro atoms. The van der Waals surface area contributed by atoms with Gasteiger partial charge in [-0.3, -0.25) is 20.4 Å². The van der Waals surface area contributed by atoms with E-state index in [1.165, 1.54) is 0 Å². The number of ether oxygens (including phenoxy) is 3. The molecular weight excluding hydrogens is 388 g/mol. The van der Waals surface area contributed by atoms with Crippen LogP contribution in [0.4, 0.5) is 0 Å². The Morgan fingerprint density at radius 3 is 2.33 bits per heavy atom. The molecule has 0 saturated carbocycles. The summed E-state index contributed by atoms with van der Waals surface area (Å²) < 4.78 is 15.9. The molecule has 160 valence electrons. The summed E-state index contributed by atoms with van der Waals surface area (Å²) in [6.07, 6.45) is 0.728. The van der Waals surface area contributed by atoms with Gasteiger partial charge in [0.2, 0.25) is 0 Å². The number of benzene rings is 2. The van der Waals surface area contributed by atoms with Crippen molar-refractivity contribution in [3.63, 3.8) is 0 Å². The van der Waals surface area contributed by atoms with Crippen molar-refractivity contribution >= 4 is 17.8 Å². The second kappa shape index (κ2) is 11.5. The van der Waals surface area contributed by atoms with Crippen molar-refractivity contribution in [3.05, 3.63) is 59.7 Å². The molecule has 0 aliphatic rings. The number of carbonyl (C=O) groups excluding carboxylic acids is 3. The van der Waals surface area contributed by atoms with Gasteiger partial charge in [-0.05, 0) is 62.7 Å². The highest BCUT2D eigenvalue weighted by molar-refractivity contribution is 5.95. The third-order valence-corrected chi connectivity index (χ3v) is 3.68. The SMILES string of the molecule is CCCOC(=O)c1ccc(OCC(=O)NNC(=O)c2cccc(OC(C)C)c2)cc1. The Morgan fingerprint density at radius 2 is 1.67 bits per heavy atom. The van der Waals surface area contributed by atoms with Gasteiger partial charge in [0.25, 0.3) is 11.8 Å². The van der Waals surface area contributed by atoms with Crippen molar-refractivity contribution in [1.82, 2.24) is 10.9 Å². The van der Waals surface area contributed by atoms with Crippen LogP contribution in [0.1, 0.15) is 47.9 Å². The summed E-state index contributed by atoms with van der Waals surface area (Å²) in [6.45, 7) is 5.74. The number of hydrogen-bond donors (Lipinski definition) is 2. The summed E-state index contributed by atoms with van der Waals surface area (Å²) in [5.74, 6) is -0.458. The summed E-state index contributed by atoms with van der Waals surface area (Å²) in [4.78, 5) is 35.8. The van der Waals surface area contributed by atoms with Crippen LogP contribution >= 0.6 is 0 Å². The van der Waals surface area contributed by atoms with Crippen molar-refractivity contribution in [3.8, 4) is 11.5 Å². The molecule has 0 fully saturated rings. The number of nitrogens with one attached hydrogen (secondary N) is 2. The Morgan fingerprint density at radius 1 is 0.933 bits per heavy atom. The highest BCUT2D eigenvalue weighted by Gasteiger charge is 2.10. The topological polar surface area (TPSA) is 103 Å². The van der Waals surface area contributed by atoms with Gasteiger partial charge in [-0.1, -0.05) is 13.0 Å². The number of carbonyl (C=O) groups is 3. The van der Waals surface area contributed by atoms with Crippen molar-refractivity contribution in [2.24, 2.45) is 0 Å². The molecule has 0 aliphatic heterocycles. The summed E-state index contributed by atoms with van der Waals surface area (Å²) in [5, 5.41) is 0. The maximum absolute atomic E-state index is 12.2. The number of rotatable bonds is 9. The molecule has 2 aromatic rings. The largest absolute Gasteiger partial charge is 0.491 e.